The second-order valence-corrected chi connectivity index (χ2v) is 5.93. The van der Waals surface area contributed by atoms with Crippen LogP contribution in [-0.2, 0) is 0 Å². The van der Waals surface area contributed by atoms with Gasteiger partial charge in [0.15, 0.2) is 0 Å². The Morgan fingerprint density at radius 2 is 2.25 bits per heavy atom. The van der Waals surface area contributed by atoms with Gasteiger partial charge in [-0.2, -0.15) is 0 Å². The van der Waals surface area contributed by atoms with Crippen LogP contribution in [-0.4, -0.2) is 17.6 Å². The Morgan fingerprint density at radius 3 is 2.95 bits per heavy atom. The van der Waals surface area contributed by atoms with Gasteiger partial charge in [0.25, 0.3) is 0 Å². The number of anilines is 2. The van der Waals surface area contributed by atoms with Crippen molar-refractivity contribution in [2.75, 3.05) is 17.6 Å². The maximum absolute atomic E-state index is 11.2. The first kappa shape index (κ1) is 14.7. The summed E-state index contributed by atoms with van der Waals surface area (Å²) >= 11 is 0. The number of benzene rings is 1. The number of nitrogens with two attached hydrogens (primary N) is 1. The molecule has 1 aliphatic carbocycles. The third-order valence-electron chi connectivity index (χ3n) is 4.23. The topological polar surface area (TPSA) is 75.3 Å². The molecule has 0 radical (unpaired) electrons. The molecule has 20 heavy (non-hydrogen) atoms. The van der Waals surface area contributed by atoms with Crippen LogP contribution in [0.25, 0.3) is 0 Å². The Labute approximate surface area is 120 Å². The third-order valence-corrected chi connectivity index (χ3v) is 4.23. The number of carbonyl (C=O) groups is 1. The average molecular weight is 276 g/mol. The van der Waals surface area contributed by atoms with Crippen molar-refractivity contribution < 1.29 is 9.90 Å². The molecule has 2 atom stereocenters. The van der Waals surface area contributed by atoms with Crippen LogP contribution in [0.1, 0.15) is 49.4 Å². The minimum Gasteiger partial charge on any atom is -0.478 e. The summed E-state index contributed by atoms with van der Waals surface area (Å²) in [6, 6.07) is 4.99. The summed E-state index contributed by atoms with van der Waals surface area (Å²) in [6.45, 7) is 3.10. The maximum atomic E-state index is 11.2. The molecule has 1 fully saturated rings. The second-order valence-electron chi connectivity index (χ2n) is 5.93. The molecule has 0 spiro atoms. The largest absolute Gasteiger partial charge is 0.478 e. The molecule has 4 N–H and O–H groups in total. The lowest BCUT2D eigenvalue weighted by molar-refractivity contribution is 0.0698. The van der Waals surface area contributed by atoms with Crippen molar-refractivity contribution in [2.24, 2.45) is 11.8 Å². The van der Waals surface area contributed by atoms with Crippen LogP contribution in [0.4, 0.5) is 11.4 Å². The summed E-state index contributed by atoms with van der Waals surface area (Å²) < 4.78 is 0. The standard InChI is InChI=1S/C16H24N2O2/c1-11-4-2-5-12(10-11)8-9-18-15-13(16(19)20)6-3-7-14(15)17/h3,6-7,11-12,18H,2,4-5,8-10,17H2,1H3,(H,19,20). The Balaban J connectivity index is 1.92. The zero-order chi connectivity index (χ0) is 14.5. The fourth-order valence-corrected chi connectivity index (χ4v) is 3.17. The van der Waals surface area contributed by atoms with E-state index in [0.29, 0.717) is 11.4 Å². The number of carboxylic acid groups (broad SMARTS) is 1. The van der Waals surface area contributed by atoms with Crippen LogP contribution in [0.5, 0.6) is 0 Å². The van der Waals surface area contributed by atoms with Crippen molar-refractivity contribution in [3.05, 3.63) is 23.8 Å². The van der Waals surface area contributed by atoms with E-state index < -0.39 is 5.97 Å². The summed E-state index contributed by atoms with van der Waals surface area (Å²) in [6.07, 6.45) is 6.33. The molecule has 0 heterocycles. The number of carboxylic acids is 1. The normalized spacial score (nSPS) is 22.4. The van der Waals surface area contributed by atoms with Gasteiger partial charge in [-0.05, 0) is 36.8 Å². The molecule has 0 aliphatic heterocycles. The first-order chi connectivity index (χ1) is 9.58. The molecule has 0 amide bonds. The van der Waals surface area contributed by atoms with Gasteiger partial charge in [0.05, 0.1) is 16.9 Å². The minimum absolute atomic E-state index is 0.252. The average Bonchev–Trinajstić information content (AvgIpc) is 2.40. The van der Waals surface area contributed by atoms with Gasteiger partial charge in [-0.3, -0.25) is 0 Å². The van der Waals surface area contributed by atoms with E-state index in [2.05, 4.69) is 12.2 Å². The molecule has 1 aromatic rings. The van der Waals surface area contributed by atoms with E-state index in [4.69, 9.17) is 5.73 Å². The SMILES string of the molecule is CC1CCCC(CCNc2c(N)cccc2C(=O)O)C1. The number of hydrogen-bond acceptors (Lipinski definition) is 3. The Morgan fingerprint density at radius 1 is 1.45 bits per heavy atom. The van der Waals surface area contributed by atoms with E-state index in [1.165, 1.54) is 25.7 Å². The predicted molar refractivity (Wildman–Crippen MR) is 82.0 cm³/mol. The number of nitrogen functional groups attached to an aromatic ring is 1. The predicted octanol–water partition coefficient (Wildman–Crippen LogP) is 3.60. The van der Waals surface area contributed by atoms with Gasteiger partial charge in [-0.15, -0.1) is 0 Å². The van der Waals surface area contributed by atoms with Crippen LogP contribution in [0, 0.1) is 11.8 Å². The molecular formula is C16H24N2O2. The highest BCUT2D eigenvalue weighted by molar-refractivity contribution is 5.97. The summed E-state index contributed by atoms with van der Waals surface area (Å²) in [5, 5.41) is 12.4. The fraction of sp³-hybridized carbons (Fsp3) is 0.562. The maximum Gasteiger partial charge on any atom is 0.337 e. The lowest BCUT2D eigenvalue weighted by atomic mass is 9.81. The van der Waals surface area contributed by atoms with E-state index in [-0.39, 0.29) is 5.56 Å². The summed E-state index contributed by atoms with van der Waals surface area (Å²) in [5.74, 6) is 0.640. The highest BCUT2D eigenvalue weighted by atomic mass is 16.4. The van der Waals surface area contributed by atoms with Gasteiger partial charge >= 0.3 is 5.97 Å². The van der Waals surface area contributed by atoms with Crippen LogP contribution in [0.15, 0.2) is 18.2 Å². The first-order valence-corrected chi connectivity index (χ1v) is 7.43. The molecule has 2 unspecified atom stereocenters. The van der Waals surface area contributed by atoms with Crippen LogP contribution in [0.2, 0.25) is 0 Å². The van der Waals surface area contributed by atoms with Gasteiger partial charge in [-0.1, -0.05) is 32.3 Å². The number of para-hydroxylation sites is 1. The Bertz CT molecular complexity index is 474. The first-order valence-electron chi connectivity index (χ1n) is 7.43. The number of nitrogens with one attached hydrogen (secondary N) is 1. The molecule has 4 nitrogen and oxygen atoms in total. The molecular weight excluding hydrogens is 252 g/mol. The molecule has 0 bridgehead atoms. The quantitative estimate of drug-likeness (QED) is 0.718. The van der Waals surface area contributed by atoms with Crippen LogP contribution in [0.3, 0.4) is 0 Å². The van der Waals surface area contributed by atoms with Gasteiger partial charge in [0.1, 0.15) is 0 Å². The highest BCUT2D eigenvalue weighted by Crippen LogP contribution is 2.31. The molecule has 0 saturated heterocycles. The molecule has 110 valence electrons. The van der Waals surface area contributed by atoms with Crippen molar-refractivity contribution in [3.63, 3.8) is 0 Å². The van der Waals surface area contributed by atoms with Gasteiger partial charge in [0.2, 0.25) is 0 Å². The van der Waals surface area contributed by atoms with E-state index in [1.54, 1.807) is 18.2 Å². The zero-order valence-electron chi connectivity index (χ0n) is 12.1. The van der Waals surface area contributed by atoms with Gasteiger partial charge in [0, 0.05) is 6.54 Å². The fourth-order valence-electron chi connectivity index (χ4n) is 3.17. The molecule has 2 rings (SSSR count). The van der Waals surface area contributed by atoms with Crippen molar-refractivity contribution in [1.29, 1.82) is 0 Å². The van der Waals surface area contributed by atoms with Crippen molar-refractivity contribution in [3.8, 4) is 0 Å². The molecule has 1 aromatic carbocycles. The summed E-state index contributed by atoms with van der Waals surface area (Å²) in [4.78, 5) is 11.2. The lowest BCUT2D eigenvalue weighted by Gasteiger charge is -2.27. The monoisotopic (exact) mass is 276 g/mol. The van der Waals surface area contributed by atoms with Gasteiger partial charge < -0.3 is 16.2 Å². The van der Waals surface area contributed by atoms with E-state index >= 15 is 0 Å². The number of rotatable bonds is 5. The number of aromatic carboxylic acids is 1. The van der Waals surface area contributed by atoms with Crippen molar-refractivity contribution >= 4 is 17.3 Å². The van der Waals surface area contributed by atoms with Crippen LogP contribution < -0.4 is 11.1 Å². The van der Waals surface area contributed by atoms with Crippen LogP contribution >= 0.6 is 0 Å². The Hall–Kier alpha value is -1.71. The highest BCUT2D eigenvalue weighted by Gasteiger charge is 2.19. The molecule has 1 aliphatic rings. The van der Waals surface area contributed by atoms with E-state index in [0.717, 1.165) is 24.8 Å². The number of hydrogen-bond donors (Lipinski definition) is 3. The summed E-state index contributed by atoms with van der Waals surface area (Å²) in [5.41, 5.74) is 7.19. The van der Waals surface area contributed by atoms with Gasteiger partial charge in [-0.25, -0.2) is 4.79 Å². The molecule has 4 heteroatoms. The van der Waals surface area contributed by atoms with E-state index in [1.807, 2.05) is 0 Å². The Kier molecular flexibility index (Phi) is 4.88. The third kappa shape index (κ3) is 3.65. The van der Waals surface area contributed by atoms with Crippen molar-refractivity contribution in [1.82, 2.24) is 0 Å². The lowest BCUT2D eigenvalue weighted by Crippen LogP contribution is -2.17. The smallest absolute Gasteiger partial charge is 0.337 e. The molecule has 1 saturated carbocycles. The van der Waals surface area contributed by atoms with Crippen molar-refractivity contribution in [2.45, 2.75) is 39.0 Å². The van der Waals surface area contributed by atoms with E-state index in [9.17, 15) is 9.90 Å². The molecule has 0 aromatic heterocycles. The zero-order valence-corrected chi connectivity index (χ0v) is 12.1. The summed E-state index contributed by atoms with van der Waals surface area (Å²) in [7, 11) is 0. The minimum atomic E-state index is -0.939. The second kappa shape index (κ2) is 6.64.